The number of hydrogen-bond acceptors (Lipinski definition) is 2. The second-order valence-corrected chi connectivity index (χ2v) is 17.3. The van der Waals surface area contributed by atoms with Crippen LogP contribution in [0.1, 0.15) is 31.4 Å². The number of nitrogens with zero attached hydrogens (tertiary/aromatic N) is 2. The molecule has 11 aromatic rings. The number of para-hydroxylation sites is 4. The van der Waals surface area contributed by atoms with Crippen molar-refractivity contribution in [2.45, 2.75) is 32.1 Å². The van der Waals surface area contributed by atoms with Crippen molar-refractivity contribution in [2.75, 3.05) is 9.80 Å². The Labute approximate surface area is 356 Å². The van der Waals surface area contributed by atoms with Crippen LogP contribution in [0.5, 0.6) is 0 Å². The molecular weight excluding hydrogens is 737 g/mol. The Kier molecular flexibility index (Phi) is 8.05. The van der Waals surface area contributed by atoms with Crippen LogP contribution in [-0.4, -0.2) is 0 Å². The molecule has 0 amide bonds. The standard InChI is InChI=1S/C59H44N2/c1-59(2)34-33-40-36-54(60(41-20-7-3-8-21-41)42-22-9-4-10-23-42)49-32-31-48-51(50-35-39-19-15-16-28-45(39)46-29-17-18-30-47(46)50)38-55(52-37-53(59)56(40)58(49)57(48)52)61(43-24-11-5-12-25-43)44-26-13-6-14-27-44/h3-32,35-38H,33-34H2,1-2H3. The molecule has 0 fully saturated rings. The summed E-state index contributed by atoms with van der Waals surface area (Å²) in [5.41, 5.74) is 12.3. The zero-order valence-electron chi connectivity index (χ0n) is 34.4. The van der Waals surface area contributed by atoms with Crippen LogP contribution >= 0.6 is 0 Å². The number of hydrogen-bond donors (Lipinski definition) is 0. The lowest BCUT2D eigenvalue weighted by atomic mass is 9.70. The van der Waals surface area contributed by atoms with Gasteiger partial charge < -0.3 is 9.80 Å². The van der Waals surface area contributed by atoms with Crippen molar-refractivity contribution in [3.63, 3.8) is 0 Å². The highest BCUT2D eigenvalue weighted by molar-refractivity contribution is 6.33. The number of benzene rings is 11. The van der Waals surface area contributed by atoms with Gasteiger partial charge in [-0.15, -0.1) is 0 Å². The van der Waals surface area contributed by atoms with E-state index < -0.39 is 0 Å². The summed E-state index contributed by atoms with van der Waals surface area (Å²) in [5, 5.41) is 13.0. The highest BCUT2D eigenvalue weighted by Crippen LogP contribution is 2.55. The van der Waals surface area contributed by atoms with E-state index in [-0.39, 0.29) is 5.41 Å². The van der Waals surface area contributed by atoms with Gasteiger partial charge in [0.1, 0.15) is 0 Å². The molecule has 0 aromatic heterocycles. The van der Waals surface area contributed by atoms with Crippen LogP contribution in [0.4, 0.5) is 34.1 Å². The maximum Gasteiger partial charge on any atom is 0.0546 e. The third kappa shape index (κ3) is 5.56. The molecule has 61 heavy (non-hydrogen) atoms. The van der Waals surface area contributed by atoms with Crippen LogP contribution in [0.3, 0.4) is 0 Å². The molecule has 0 N–H and O–H groups in total. The highest BCUT2D eigenvalue weighted by atomic mass is 15.1. The van der Waals surface area contributed by atoms with Crippen molar-refractivity contribution in [3.8, 4) is 11.1 Å². The van der Waals surface area contributed by atoms with E-state index in [1.807, 2.05) is 0 Å². The Bertz CT molecular complexity index is 3350. The van der Waals surface area contributed by atoms with E-state index in [0.717, 1.165) is 35.6 Å². The van der Waals surface area contributed by atoms with Gasteiger partial charge in [0.05, 0.1) is 11.4 Å². The number of rotatable bonds is 7. The van der Waals surface area contributed by atoms with Gasteiger partial charge in [0.15, 0.2) is 0 Å². The summed E-state index contributed by atoms with van der Waals surface area (Å²) in [6.45, 7) is 4.91. The van der Waals surface area contributed by atoms with Crippen LogP contribution in [0.15, 0.2) is 206 Å². The van der Waals surface area contributed by atoms with E-state index in [0.29, 0.717) is 0 Å². The molecule has 0 saturated carbocycles. The Balaban J connectivity index is 1.30. The minimum Gasteiger partial charge on any atom is -0.310 e. The molecule has 0 radical (unpaired) electrons. The van der Waals surface area contributed by atoms with Crippen molar-refractivity contribution in [2.24, 2.45) is 0 Å². The van der Waals surface area contributed by atoms with E-state index in [9.17, 15) is 0 Å². The first kappa shape index (κ1) is 35.5. The Morgan fingerprint density at radius 1 is 0.361 bits per heavy atom. The van der Waals surface area contributed by atoms with Gasteiger partial charge in [0.25, 0.3) is 0 Å². The smallest absolute Gasteiger partial charge is 0.0546 e. The highest BCUT2D eigenvalue weighted by Gasteiger charge is 2.34. The predicted molar refractivity (Wildman–Crippen MR) is 261 cm³/mol. The van der Waals surface area contributed by atoms with Crippen molar-refractivity contribution in [1.29, 1.82) is 0 Å². The summed E-state index contributed by atoms with van der Waals surface area (Å²) < 4.78 is 0. The van der Waals surface area contributed by atoms with Gasteiger partial charge in [-0.3, -0.25) is 0 Å². The first-order valence-electron chi connectivity index (χ1n) is 21.6. The van der Waals surface area contributed by atoms with E-state index in [4.69, 9.17) is 0 Å². The zero-order chi connectivity index (χ0) is 40.7. The Hall–Kier alpha value is -7.42. The van der Waals surface area contributed by atoms with E-state index in [1.54, 1.807) is 0 Å². The first-order chi connectivity index (χ1) is 30.0. The largest absolute Gasteiger partial charge is 0.310 e. The third-order valence-corrected chi connectivity index (χ3v) is 13.4. The van der Waals surface area contributed by atoms with Crippen LogP contribution in [-0.2, 0) is 11.8 Å². The molecule has 290 valence electrons. The molecule has 0 unspecified atom stereocenters. The Morgan fingerprint density at radius 2 is 0.836 bits per heavy atom. The lowest BCUT2D eigenvalue weighted by Crippen LogP contribution is -2.24. The van der Waals surface area contributed by atoms with Crippen LogP contribution in [0.25, 0.3) is 65.0 Å². The average molecular weight is 781 g/mol. The summed E-state index contributed by atoms with van der Waals surface area (Å²) in [5.74, 6) is 0. The quantitative estimate of drug-likeness (QED) is 0.149. The third-order valence-electron chi connectivity index (χ3n) is 13.4. The molecule has 11 aromatic carbocycles. The maximum absolute atomic E-state index is 2.58. The fourth-order valence-electron chi connectivity index (χ4n) is 10.5. The first-order valence-corrected chi connectivity index (χ1v) is 21.6. The molecular formula is C59H44N2. The van der Waals surface area contributed by atoms with Crippen molar-refractivity contribution in [1.82, 2.24) is 0 Å². The summed E-state index contributed by atoms with van der Waals surface area (Å²) in [6, 6.07) is 76.4. The summed E-state index contributed by atoms with van der Waals surface area (Å²) in [6.07, 6.45) is 2.10. The molecule has 0 atom stereocenters. The second-order valence-electron chi connectivity index (χ2n) is 17.3. The molecule has 1 aliphatic rings. The van der Waals surface area contributed by atoms with Gasteiger partial charge in [-0.1, -0.05) is 147 Å². The normalized spacial score (nSPS) is 13.4. The Morgan fingerprint density at radius 3 is 1.43 bits per heavy atom. The summed E-state index contributed by atoms with van der Waals surface area (Å²) in [7, 11) is 0. The molecule has 12 rings (SSSR count). The molecule has 0 aliphatic heterocycles. The van der Waals surface area contributed by atoms with E-state index >= 15 is 0 Å². The predicted octanol–water partition coefficient (Wildman–Crippen LogP) is 16.7. The zero-order valence-corrected chi connectivity index (χ0v) is 34.4. The van der Waals surface area contributed by atoms with Gasteiger partial charge >= 0.3 is 0 Å². The molecule has 0 saturated heterocycles. The topological polar surface area (TPSA) is 6.48 Å². The second kappa shape index (κ2) is 13.8. The van der Waals surface area contributed by atoms with Gasteiger partial charge in [0.2, 0.25) is 0 Å². The van der Waals surface area contributed by atoms with Crippen molar-refractivity contribution < 1.29 is 0 Å². The molecule has 2 heteroatoms. The van der Waals surface area contributed by atoms with Crippen molar-refractivity contribution >= 4 is 88.0 Å². The lowest BCUT2D eigenvalue weighted by Gasteiger charge is -2.37. The minimum absolute atomic E-state index is 0.0192. The monoisotopic (exact) mass is 780 g/mol. The summed E-state index contributed by atoms with van der Waals surface area (Å²) in [4.78, 5) is 4.96. The number of anilines is 6. The van der Waals surface area contributed by atoms with Crippen LogP contribution in [0.2, 0.25) is 0 Å². The molecule has 2 nitrogen and oxygen atoms in total. The van der Waals surface area contributed by atoms with Crippen LogP contribution < -0.4 is 9.80 Å². The lowest BCUT2D eigenvalue weighted by molar-refractivity contribution is 0.475. The van der Waals surface area contributed by atoms with E-state index in [2.05, 4.69) is 230 Å². The van der Waals surface area contributed by atoms with E-state index in [1.165, 1.54) is 87.5 Å². The van der Waals surface area contributed by atoms with Gasteiger partial charge in [-0.05, 0) is 146 Å². The number of aryl methyl sites for hydroxylation is 1. The van der Waals surface area contributed by atoms with Gasteiger partial charge in [0, 0.05) is 44.3 Å². The minimum atomic E-state index is -0.0192. The van der Waals surface area contributed by atoms with Crippen molar-refractivity contribution in [3.05, 3.63) is 217 Å². The van der Waals surface area contributed by atoms with Crippen LogP contribution in [0, 0.1) is 0 Å². The average Bonchev–Trinajstić information content (AvgIpc) is 3.31. The fraction of sp³-hybridized carbons (Fsp3) is 0.0847. The maximum atomic E-state index is 2.58. The van der Waals surface area contributed by atoms with Gasteiger partial charge in [-0.25, -0.2) is 0 Å². The van der Waals surface area contributed by atoms with Gasteiger partial charge in [-0.2, -0.15) is 0 Å². The molecule has 1 aliphatic carbocycles. The summed E-state index contributed by atoms with van der Waals surface area (Å²) >= 11 is 0. The number of fused-ring (bicyclic) bond motifs is 3. The molecule has 0 spiro atoms. The molecule has 0 heterocycles. The SMILES string of the molecule is CC1(C)CCc2cc(N(c3ccccc3)c3ccccc3)c3ccc4c(-c5cc6ccccc6c6ccccc56)cc(N(c5ccccc5)c5ccccc5)c5cc1c2c3c45. The fourth-order valence-corrected chi connectivity index (χ4v) is 10.5. The molecule has 0 bridgehead atoms.